The van der Waals surface area contributed by atoms with E-state index in [-0.39, 0.29) is 6.10 Å². The highest BCUT2D eigenvalue weighted by Gasteiger charge is 2.11. The Hall–Kier alpha value is -1.06. The summed E-state index contributed by atoms with van der Waals surface area (Å²) in [6.07, 6.45) is 2.46. The zero-order chi connectivity index (χ0) is 14.8. The average Bonchev–Trinajstić information content (AvgIpc) is 2.46. The number of nitrogens with one attached hydrogen (secondary N) is 1. The molecule has 0 heterocycles. The van der Waals surface area contributed by atoms with Gasteiger partial charge in [0.25, 0.3) is 0 Å². The fraction of sp³-hybridized carbons (Fsp3) is 0.647. The van der Waals surface area contributed by atoms with Crippen LogP contribution in [-0.4, -0.2) is 26.8 Å². The monoisotopic (exact) mass is 279 g/mol. The van der Waals surface area contributed by atoms with Crippen molar-refractivity contribution in [2.45, 2.75) is 39.7 Å². The van der Waals surface area contributed by atoms with Crippen LogP contribution in [0.15, 0.2) is 24.3 Å². The van der Waals surface area contributed by atoms with Crippen molar-refractivity contribution in [2.24, 2.45) is 5.92 Å². The molecule has 0 aliphatic heterocycles. The van der Waals surface area contributed by atoms with Crippen LogP contribution in [0.25, 0.3) is 0 Å². The van der Waals surface area contributed by atoms with Gasteiger partial charge in [-0.15, -0.1) is 0 Å². The first-order valence-electron chi connectivity index (χ1n) is 7.63. The summed E-state index contributed by atoms with van der Waals surface area (Å²) < 4.78 is 11.2. The fourth-order valence-electron chi connectivity index (χ4n) is 2.08. The molecule has 1 aromatic carbocycles. The number of hydrogen-bond donors (Lipinski definition) is 1. The van der Waals surface area contributed by atoms with Crippen LogP contribution in [0.1, 0.15) is 45.3 Å². The minimum atomic E-state index is 0.119. The third-order valence-electron chi connectivity index (χ3n) is 3.31. The van der Waals surface area contributed by atoms with Gasteiger partial charge in [0.15, 0.2) is 0 Å². The SMILES string of the molecule is CCNCC(OCCCC(C)C)c1ccc(OC)cc1. The minimum absolute atomic E-state index is 0.119. The molecule has 0 amide bonds. The van der Waals surface area contributed by atoms with Crippen molar-refractivity contribution in [1.82, 2.24) is 5.32 Å². The van der Waals surface area contributed by atoms with Crippen LogP contribution in [0, 0.1) is 5.92 Å². The highest BCUT2D eigenvalue weighted by Crippen LogP contribution is 2.21. The summed E-state index contributed by atoms with van der Waals surface area (Å²) in [6.45, 7) is 9.25. The first-order chi connectivity index (χ1) is 9.67. The van der Waals surface area contributed by atoms with Gasteiger partial charge in [-0.3, -0.25) is 0 Å². The van der Waals surface area contributed by atoms with Gasteiger partial charge in [-0.05, 0) is 43.0 Å². The Bertz CT molecular complexity index is 349. The molecule has 0 spiro atoms. The van der Waals surface area contributed by atoms with Crippen molar-refractivity contribution < 1.29 is 9.47 Å². The standard InChI is InChI=1S/C17H29NO2/c1-5-18-13-17(20-12-6-7-14(2)3)15-8-10-16(19-4)11-9-15/h8-11,14,17-18H,5-7,12-13H2,1-4H3. The number of methoxy groups -OCH3 is 1. The average molecular weight is 279 g/mol. The van der Waals surface area contributed by atoms with Crippen LogP contribution in [0.3, 0.4) is 0 Å². The number of rotatable bonds is 10. The summed E-state index contributed by atoms with van der Waals surface area (Å²) in [4.78, 5) is 0. The van der Waals surface area contributed by atoms with E-state index in [1.807, 2.05) is 12.1 Å². The molecule has 1 atom stereocenters. The molecule has 1 N–H and O–H groups in total. The Kier molecular flexibility index (Phi) is 8.31. The maximum Gasteiger partial charge on any atom is 0.118 e. The van der Waals surface area contributed by atoms with E-state index < -0.39 is 0 Å². The summed E-state index contributed by atoms with van der Waals surface area (Å²) in [5, 5.41) is 3.37. The quantitative estimate of drug-likeness (QED) is 0.661. The maximum absolute atomic E-state index is 6.05. The Morgan fingerprint density at radius 3 is 2.40 bits per heavy atom. The summed E-state index contributed by atoms with van der Waals surface area (Å²) in [7, 11) is 1.69. The molecule has 0 aromatic heterocycles. The molecule has 1 unspecified atom stereocenters. The van der Waals surface area contributed by atoms with E-state index in [9.17, 15) is 0 Å². The third-order valence-corrected chi connectivity index (χ3v) is 3.31. The number of hydrogen-bond acceptors (Lipinski definition) is 3. The van der Waals surface area contributed by atoms with E-state index in [0.29, 0.717) is 0 Å². The van der Waals surface area contributed by atoms with Gasteiger partial charge in [0, 0.05) is 13.2 Å². The number of ether oxygens (including phenoxy) is 2. The van der Waals surface area contributed by atoms with Gasteiger partial charge in [0.05, 0.1) is 13.2 Å². The maximum atomic E-state index is 6.05. The molecule has 0 aliphatic carbocycles. The molecular formula is C17H29NO2. The Morgan fingerprint density at radius 2 is 1.85 bits per heavy atom. The molecule has 0 aliphatic rings. The number of benzene rings is 1. The molecule has 0 fully saturated rings. The molecule has 3 heteroatoms. The Morgan fingerprint density at radius 1 is 1.15 bits per heavy atom. The Balaban J connectivity index is 2.53. The van der Waals surface area contributed by atoms with Gasteiger partial charge < -0.3 is 14.8 Å². The summed E-state index contributed by atoms with van der Waals surface area (Å²) in [5.41, 5.74) is 1.20. The third kappa shape index (κ3) is 6.40. The van der Waals surface area contributed by atoms with Crippen LogP contribution in [0.2, 0.25) is 0 Å². The van der Waals surface area contributed by atoms with Crippen molar-refractivity contribution >= 4 is 0 Å². The molecule has 20 heavy (non-hydrogen) atoms. The van der Waals surface area contributed by atoms with Gasteiger partial charge in [0.1, 0.15) is 5.75 Å². The van der Waals surface area contributed by atoms with Crippen molar-refractivity contribution in [1.29, 1.82) is 0 Å². The highest BCUT2D eigenvalue weighted by molar-refractivity contribution is 5.28. The predicted molar refractivity (Wildman–Crippen MR) is 84.3 cm³/mol. The topological polar surface area (TPSA) is 30.5 Å². The lowest BCUT2D eigenvalue weighted by Crippen LogP contribution is -2.23. The van der Waals surface area contributed by atoms with Gasteiger partial charge in [-0.25, -0.2) is 0 Å². The normalized spacial score (nSPS) is 12.7. The molecule has 0 saturated heterocycles. The second-order valence-electron chi connectivity index (χ2n) is 5.48. The van der Waals surface area contributed by atoms with Crippen LogP contribution >= 0.6 is 0 Å². The van der Waals surface area contributed by atoms with Crippen molar-refractivity contribution in [3.63, 3.8) is 0 Å². The van der Waals surface area contributed by atoms with Crippen molar-refractivity contribution in [3.8, 4) is 5.75 Å². The highest BCUT2D eigenvalue weighted by atomic mass is 16.5. The molecule has 1 aromatic rings. The van der Waals surface area contributed by atoms with Gasteiger partial charge in [-0.2, -0.15) is 0 Å². The zero-order valence-corrected chi connectivity index (χ0v) is 13.3. The van der Waals surface area contributed by atoms with E-state index in [4.69, 9.17) is 9.47 Å². The second kappa shape index (κ2) is 9.78. The van der Waals surface area contributed by atoms with E-state index in [1.165, 1.54) is 12.0 Å². The summed E-state index contributed by atoms with van der Waals surface area (Å²) >= 11 is 0. The van der Waals surface area contributed by atoms with Gasteiger partial charge in [0.2, 0.25) is 0 Å². The van der Waals surface area contributed by atoms with Crippen LogP contribution in [0.5, 0.6) is 5.75 Å². The van der Waals surface area contributed by atoms with E-state index in [1.54, 1.807) is 7.11 Å². The Labute approximate surface area is 123 Å². The summed E-state index contributed by atoms with van der Waals surface area (Å²) in [6, 6.07) is 8.16. The molecular weight excluding hydrogens is 250 g/mol. The fourth-order valence-corrected chi connectivity index (χ4v) is 2.08. The first kappa shape index (κ1) is 17.0. The lowest BCUT2D eigenvalue weighted by atomic mass is 10.1. The van der Waals surface area contributed by atoms with Crippen LogP contribution in [-0.2, 0) is 4.74 Å². The van der Waals surface area contributed by atoms with E-state index in [2.05, 4.69) is 38.2 Å². The lowest BCUT2D eigenvalue weighted by Gasteiger charge is -2.19. The smallest absolute Gasteiger partial charge is 0.118 e. The van der Waals surface area contributed by atoms with E-state index >= 15 is 0 Å². The zero-order valence-electron chi connectivity index (χ0n) is 13.3. The predicted octanol–water partition coefficient (Wildman–Crippen LogP) is 3.80. The molecule has 3 nitrogen and oxygen atoms in total. The van der Waals surface area contributed by atoms with Crippen LogP contribution < -0.4 is 10.1 Å². The lowest BCUT2D eigenvalue weighted by molar-refractivity contribution is 0.0490. The van der Waals surface area contributed by atoms with Gasteiger partial charge in [-0.1, -0.05) is 32.9 Å². The molecule has 0 saturated carbocycles. The van der Waals surface area contributed by atoms with Crippen LogP contribution in [0.4, 0.5) is 0 Å². The van der Waals surface area contributed by atoms with Gasteiger partial charge >= 0.3 is 0 Å². The largest absolute Gasteiger partial charge is 0.497 e. The molecule has 0 bridgehead atoms. The van der Waals surface area contributed by atoms with E-state index in [0.717, 1.165) is 37.8 Å². The molecule has 1 rings (SSSR count). The summed E-state index contributed by atoms with van der Waals surface area (Å²) in [5.74, 6) is 1.63. The molecule has 0 radical (unpaired) electrons. The first-order valence-corrected chi connectivity index (χ1v) is 7.63. The number of likely N-dealkylation sites (N-methyl/N-ethyl adjacent to an activating group) is 1. The van der Waals surface area contributed by atoms with Crippen molar-refractivity contribution in [2.75, 3.05) is 26.8 Å². The second-order valence-corrected chi connectivity index (χ2v) is 5.48. The molecule has 114 valence electrons. The van der Waals surface area contributed by atoms with Crippen molar-refractivity contribution in [3.05, 3.63) is 29.8 Å². The minimum Gasteiger partial charge on any atom is -0.497 e.